The van der Waals surface area contributed by atoms with E-state index in [1.165, 1.54) is 0 Å². The molecule has 1 fully saturated rings. The summed E-state index contributed by atoms with van der Waals surface area (Å²) in [4.78, 5) is 15.7. The van der Waals surface area contributed by atoms with Crippen molar-refractivity contribution < 1.29 is 4.74 Å². The van der Waals surface area contributed by atoms with E-state index in [-0.39, 0.29) is 6.04 Å². The van der Waals surface area contributed by atoms with E-state index < -0.39 is 0 Å². The Morgan fingerprint density at radius 2 is 1.97 bits per heavy atom. The summed E-state index contributed by atoms with van der Waals surface area (Å²) in [6.45, 7) is 1.75. The zero-order valence-electron chi connectivity index (χ0n) is 16.7. The molecular weight excluding hydrogens is 378 g/mol. The van der Waals surface area contributed by atoms with Crippen LogP contribution in [0.3, 0.4) is 0 Å². The molecule has 4 heterocycles. The van der Waals surface area contributed by atoms with Crippen LogP contribution in [0.15, 0.2) is 48.9 Å². The van der Waals surface area contributed by atoms with Crippen molar-refractivity contribution in [1.82, 2.24) is 25.1 Å². The summed E-state index contributed by atoms with van der Waals surface area (Å²) in [6, 6.07) is 10.3. The number of hydrogen-bond donors (Lipinski definition) is 2. The van der Waals surface area contributed by atoms with Crippen LogP contribution in [-0.4, -0.2) is 51.4 Å². The number of H-pyrrole nitrogens is 1. The highest BCUT2D eigenvalue weighted by atomic mass is 16.5. The lowest BCUT2D eigenvalue weighted by Crippen LogP contribution is -2.40. The van der Waals surface area contributed by atoms with Gasteiger partial charge in [-0.15, -0.1) is 0 Å². The van der Waals surface area contributed by atoms with Crippen LogP contribution >= 0.6 is 0 Å². The number of aromatic amines is 1. The lowest BCUT2D eigenvalue weighted by molar-refractivity contribution is 0.413. The highest BCUT2D eigenvalue weighted by Crippen LogP contribution is 2.31. The van der Waals surface area contributed by atoms with Crippen molar-refractivity contribution >= 4 is 16.9 Å². The van der Waals surface area contributed by atoms with Gasteiger partial charge in [0.1, 0.15) is 11.4 Å². The number of nitrogens with zero attached hydrogens (tertiary/aromatic N) is 5. The number of nitrogens with two attached hydrogens (primary N) is 1. The Kier molecular flexibility index (Phi) is 4.76. The van der Waals surface area contributed by atoms with Gasteiger partial charge in [-0.3, -0.25) is 10.1 Å². The molecule has 3 N–H and O–H groups in total. The fourth-order valence-corrected chi connectivity index (χ4v) is 3.81. The summed E-state index contributed by atoms with van der Waals surface area (Å²) in [5, 5.41) is 8.65. The highest BCUT2D eigenvalue weighted by Gasteiger charge is 2.19. The molecule has 1 aliphatic heterocycles. The van der Waals surface area contributed by atoms with Gasteiger partial charge in [0.05, 0.1) is 24.5 Å². The predicted octanol–water partition coefficient (Wildman–Crippen LogP) is 3.02. The Hall–Kier alpha value is -3.52. The minimum Gasteiger partial charge on any atom is -0.495 e. The quantitative estimate of drug-likeness (QED) is 0.541. The van der Waals surface area contributed by atoms with Crippen LogP contribution in [0.25, 0.3) is 33.4 Å². The van der Waals surface area contributed by atoms with Gasteiger partial charge in [-0.05, 0) is 42.7 Å². The molecule has 4 aromatic rings. The molecule has 0 spiro atoms. The number of piperidine rings is 1. The number of methoxy groups -OCH3 is 1. The number of fused-ring (bicyclic) bond motifs is 1. The van der Waals surface area contributed by atoms with Crippen molar-refractivity contribution in [2.24, 2.45) is 5.73 Å². The molecule has 0 unspecified atom stereocenters. The Morgan fingerprint density at radius 1 is 1.10 bits per heavy atom. The molecule has 1 saturated heterocycles. The molecule has 8 heteroatoms. The number of pyridine rings is 1. The third-order valence-electron chi connectivity index (χ3n) is 5.55. The van der Waals surface area contributed by atoms with Crippen LogP contribution in [0.4, 0.5) is 5.95 Å². The molecule has 3 aromatic heterocycles. The summed E-state index contributed by atoms with van der Waals surface area (Å²) in [5.74, 6) is 1.45. The Balaban J connectivity index is 1.52. The SMILES string of the molecule is COc1cncc(-c2ccc3[nH]nc(-c4ccnc(N5CCC(N)CC5)n4)c3c2)c1. The van der Waals surface area contributed by atoms with Crippen LogP contribution < -0.4 is 15.4 Å². The molecule has 0 aliphatic carbocycles. The van der Waals surface area contributed by atoms with Crippen LogP contribution in [0.2, 0.25) is 0 Å². The van der Waals surface area contributed by atoms with E-state index in [1.807, 2.05) is 30.5 Å². The number of anilines is 1. The van der Waals surface area contributed by atoms with Gasteiger partial charge < -0.3 is 15.4 Å². The monoisotopic (exact) mass is 401 g/mol. The second kappa shape index (κ2) is 7.72. The van der Waals surface area contributed by atoms with E-state index >= 15 is 0 Å². The first-order chi connectivity index (χ1) is 14.7. The zero-order chi connectivity index (χ0) is 20.5. The largest absolute Gasteiger partial charge is 0.495 e. The van der Waals surface area contributed by atoms with Crippen LogP contribution in [0.1, 0.15) is 12.8 Å². The minimum absolute atomic E-state index is 0.268. The number of ether oxygens (including phenoxy) is 1. The third kappa shape index (κ3) is 3.46. The average molecular weight is 401 g/mol. The van der Waals surface area contributed by atoms with Gasteiger partial charge in [0.25, 0.3) is 0 Å². The molecular formula is C22H23N7O. The van der Waals surface area contributed by atoms with Crippen molar-refractivity contribution in [2.75, 3.05) is 25.1 Å². The second-order valence-electron chi connectivity index (χ2n) is 7.51. The lowest BCUT2D eigenvalue weighted by atomic mass is 10.0. The molecule has 0 bridgehead atoms. The maximum atomic E-state index is 6.03. The smallest absolute Gasteiger partial charge is 0.225 e. The molecule has 0 atom stereocenters. The number of benzene rings is 1. The maximum absolute atomic E-state index is 6.03. The first-order valence-corrected chi connectivity index (χ1v) is 10.0. The molecule has 0 radical (unpaired) electrons. The number of hydrogen-bond acceptors (Lipinski definition) is 7. The molecule has 0 saturated carbocycles. The van der Waals surface area contributed by atoms with Gasteiger partial charge in [-0.25, -0.2) is 9.97 Å². The Morgan fingerprint density at radius 3 is 2.80 bits per heavy atom. The van der Waals surface area contributed by atoms with Crippen molar-refractivity contribution in [3.8, 4) is 28.3 Å². The van der Waals surface area contributed by atoms with Gasteiger partial charge in [0.2, 0.25) is 5.95 Å². The van der Waals surface area contributed by atoms with Gasteiger partial charge in [0, 0.05) is 42.5 Å². The first-order valence-electron chi connectivity index (χ1n) is 10.0. The number of rotatable bonds is 4. The first kappa shape index (κ1) is 18.5. The standard InChI is InChI=1S/C22H23N7O/c1-30-17-10-15(12-24-13-17)14-2-3-19-18(11-14)21(28-27-19)20-4-7-25-22(26-20)29-8-5-16(23)6-9-29/h2-4,7,10-13,16H,5-6,8-9,23H2,1H3,(H,27,28). The number of nitrogens with one attached hydrogen (secondary N) is 1. The lowest BCUT2D eigenvalue weighted by Gasteiger charge is -2.30. The molecule has 30 heavy (non-hydrogen) atoms. The van der Waals surface area contributed by atoms with E-state index in [4.69, 9.17) is 15.5 Å². The summed E-state index contributed by atoms with van der Waals surface area (Å²) in [5.41, 5.74) is 10.6. The molecule has 5 rings (SSSR count). The van der Waals surface area contributed by atoms with Crippen LogP contribution in [-0.2, 0) is 0 Å². The van der Waals surface area contributed by atoms with Crippen LogP contribution in [0.5, 0.6) is 5.75 Å². The van der Waals surface area contributed by atoms with Gasteiger partial charge in [-0.1, -0.05) is 6.07 Å². The molecule has 8 nitrogen and oxygen atoms in total. The van der Waals surface area contributed by atoms with E-state index in [0.29, 0.717) is 0 Å². The molecule has 0 amide bonds. The van der Waals surface area contributed by atoms with Crippen LogP contribution in [0, 0.1) is 0 Å². The van der Waals surface area contributed by atoms with Gasteiger partial charge in [0.15, 0.2) is 0 Å². The summed E-state index contributed by atoms with van der Waals surface area (Å²) >= 11 is 0. The minimum atomic E-state index is 0.268. The molecule has 1 aromatic carbocycles. The maximum Gasteiger partial charge on any atom is 0.225 e. The Labute approximate surface area is 174 Å². The third-order valence-corrected chi connectivity index (χ3v) is 5.55. The van der Waals surface area contributed by atoms with Gasteiger partial charge >= 0.3 is 0 Å². The topological polar surface area (TPSA) is 106 Å². The fraction of sp³-hybridized carbons (Fsp3) is 0.273. The Bertz CT molecular complexity index is 1180. The summed E-state index contributed by atoms with van der Waals surface area (Å²) in [7, 11) is 1.64. The van der Waals surface area contributed by atoms with Crippen molar-refractivity contribution in [2.45, 2.75) is 18.9 Å². The number of aromatic nitrogens is 5. The molecule has 1 aliphatic rings. The van der Waals surface area contributed by atoms with Crippen molar-refractivity contribution in [3.63, 3.8) is 0 Å². The zero-order valence-corrected chi connectivity index (χ0v) is 16.7. The predicted molar refractivity (Wildman–Crippen MR) is 116 cm³/mol. The van der Waals surface area contributed by atoms with E-state index in [2.05, 4.69) is 31.1 Å². The van der Waals surface area contributed by atoms with Crippen molar-refractivity contribution in [3.05, 3.63) is 48.9 Å². The van der Waals surface area contributed by atoms with Crippen molar-refractivity contribution in [1.29, 1.82) is 0 Å². The normalized spacial score (nSPS) is 14.9. The van der Waals surface area contributed by atoms with Gasteiger partial charge in [-0.2, -0.15) is 5.10 Å². The van der Waals surface area contributed by atoms with E-state index in [1.54, 1.807) is 19.5 Å². The molecule has 152 valence electrons. The van der Waals surface area contributed by atoms with E-state index in [9.17, 15) is 0 Å². The summed E-state index contributed by atoms with van der Waals surface area (Å²) < 4.78 is 5.31. The second-order valence-corrected chi connectivity index (χ2v) is 7.51. The summed E-state index contributed by atoms with van der Waals surface area (Å²) in [6.07, 6.45) is 7.23. The highest BCUT2D eigenvalue weighted by molar-refractivity contribution is 5.95. The average Bonchev–Trinajstić information content (AvgIpc) is 3.23. The van der Waals surface area contributed by atoms with E-state index in [0.717, 1.165) is 71.0 Å². The fourth-order valence-electron chi connectivity index (χ4n) is 3.81.